The average Bonchev–Trinajstić information content (AvgIpc) is 2.45. The van der Waals surface area contributed by atoms with Crippen molar-refractivity contribution in [1.29, 1.82) is 0 Å². The highest BCUT2D eigenvalue weighted by molar-refractivity contribution is 7.99. The van der Waals surface area contributed by atoms with Gasteiger partial charge in [-0.15, -0.1) is 0 Å². The predicted molar refractivity (Wildman–Crippen MR) is 81.5 cm³/mol. The van der Waals surface area contributed by atoms with E-state index in [0.29, 0.717) is 23.4 Å². The number of hydrogen-bond donors (Lipinski definition) is 2. The van der Waals surface area contributed by atoms with E-state index in [2.05, 4.69) is 20.6 Å². The van der Waals surface area contributed by atoms with Crippen LogP contribution in [-0.4, -0.2) is 40.0 Å². The third kappa shape index (κ3) is 3.50. The van der Waals surface area contributed by atoms with E-state index < -0.39 is 4.92 Å². The molecule has 0 saturated carbocycles. The normalized spacial score (nSPS) is 15.9. The predicted octanol–water partition coefficient (Wildman–Crippen LogP) is 2.29. The monoisotopic (exact) mass is 297 g/mol. The zero-order valence-corrected chi connectivity index (χ0v) is 12.5. The van der Waals surface area contributed by atoms with Crippen LogP contribution in [0.1, 0.15) is 18.5 Å². The molecule has 1 aromatic heterocycles. The molecule has 0 atom stereocenters. The summed E-state index contributed by atoms with van der Waals surface area (Å²) in [6, 6.07) is 0. The molecule has 0 spiro atoms. The molecule has 1 aliphatic heterocycles. The van der Waals surface area contributed by atoms with Crippen molar-refractivity contribution >= 4 is 29.2 Å². The Morgan fingerprint density at radius 3 is 2.70 bits per heavy atom. The number of aromatic nitrogens is 2. The summed E-state index contributed by atoms with van der Waals surface area (Å²) in [5.74, 6) is 3.60. The first kappa shape index (κ1) is 14.8. The molecule has 1 fully saturated rings. The van der Waals surface area contributed by atoms with Gasteiger partial charge >= 0.3 is 5.69 Å². The molecule has 0 amide bonds. The quantitative estimate of drug-likeness (QED) is 0.636. The summed E-state index contributed by atoms with van der Waals surface area (Å²) in [7, 11) is 1.70. The van der Waals surface area contributed by atoms with Crippen LogP contribution in [-0.2, 0) is 0 Å². The van der Waals surface area contributed by atoms with Crippen LogP contribution in [0.2, 0.25) is 0 Å². The number of nitro groups is 1. The van der Waals surface area contributed by atoms with Crippen LogP contribution in [0.15, 0.2) is 0 Å². The van der Waals surface area contributed by atoms with Crippen molar-refractivity contribution in [2.24, 2.45) is 5.92 Å². The lowest BCUT2D eigenvalue weighted by Gasteiger charge is -2.21. The molecule has 0 bridgehead atoms. The number of thioether (sulfide) groups is 1. The van der Waals surface area contributed by atoms with Gasteiger partial charge in [0, 0.05) is 13.6 Å². The second-order valence-corrected chi connectivity index (χ2v) is 6.00. The molecule has 2 rings (SSSR count). The Hall–Kier alpha value is -1.57. The molecule has 0 radical (unpaired) electrons. The van der Waals surface area contributed by atoms with Gasteiger partial charge in [0.15, 0.2) is 0 Å². The van der Waals surface area contributed by atoms with Gasteiger partial charge < -0.3 is 10.6 Å². The fraction of sp³-hybridized carbons (Fsp3) is 0.667. The van der Waals surface area contributed by atoms with Gasteiger partial charge in [0.25, 0.3) is 0 Å². The lowest BCUT2D eigenvalue weighted by Crippen LogP contribution is -2.20. The van der Waals surface area contributed by atoms with E-state index in [9.17, 15) is 10.1 Å². The first-order valence-electron chi connectivity index (χ1n) is 6.64. The summed E-state index contributed by atoms with van der Waals surface area (Å²) in [6.07, 6.45) is 2.29. The number of anilines is 2. The Morgan fingerprint density at radius 1 is 1.40 bits per heavy atom. The SMILES string of the molecule is CNc1nc(C)c([N+](=O)[O-])c(NCC2CCSCC2)n1. The molecule has 2 heterocycles. The molecule has 0 unspecified atom stereocenters. The fourth-order valence-electron chi connectivity index (χ4n) is 2.21. The molecular weight excluding hydrogens is 278 g/mol. The van der Waals surface area contributed by atoms with Crippen molar-refractivity contribution in [3.63, 3.8) is 0 Å². The molecule has 2 N–H and O–H groups in total. The summed E-state index contributed by atoms with van der Waals surface area (Å²) >= 11 is 1.97. The van der Waals surface area contributed by atoms with Gasteiger partial charge in [-0.3, -0.25) is 10.1 Å². The van der Waals surface area contributed by atoms with Gasteiger partial charge in [-0.25, -0.2) is 4.98 Å². The largest absolute Gasteiger partial charge is 0.364 e. The topological polar surface area (TPSA) is 93.0 Å². The number of aryl methyl sites for hydroxylation is 1. The summed E-state index contributed by atoms with van der Waals surface area (Å²) < 4.78 is 0. The number of nitrogens with zero attached hydrogens (tertiary/aromatic N) is 3. The minimum absolute atomic E-state index is 0.0332. The van der Waals surface area contributed by atoms with Crippen molar-refractivity contribution in [1.82, 2.24) is 9.97 Å². The first-order valence-corrected chi connectivity index (χ1v) is 7.79. The maximum absolute atomic E-state index is 11.2. The summed E-state index contributed by atoms with van der Waals surface area (Å²) in [4.78, 5) is 19.0. The van der Waals surface area contributed by atoms with Gasteiger partial charge in [0.05, 0.1) is 4.92 Å². The maximum Gasteiger partial charge on any atom is 0.332 e. The number of rotatable bonds is 5. The van der Waals surface area contributed by atoms with Crippen molar-refractivity contribution in [2.45, 2.75) is 19.8 Å². The van der Waals surface area contributed by atoms with E-state index in [1.807, 2.05) is 11.8 Å². The number of nitrogens with one attached hydrogen (secondary N) is 2. The Morgan fingerprint density at radius 2 is 2.10 bits per heavy atom. The first-order chi connectivity index (χ1) is 9.61. The van der Waals surface area contributed by atoms with E-state index in [1.165, 1.54) is 11.5 Å². The Labute approximate surface area is 122 Å². The summed E-state index contributed by atoms with van der Waals surface area (Å²) in [5, 5.41) is 17.1. The lowest BCUT2D eigenvalue weighted by atomic mass is 10.0. The Balaban J connectivity index is 2.15. The smallest absolute Gasteiger partial charge is 0.332 e. The van der Waals surface area contributed by atoms with Crippen LogP contribution in [0.4, 0.5) is 17.5 Å². The molecule has 20 heavy (non-hydrogen) atoms. The van der Waals surface area contributed by atoms with Gasteiger partial charge in [0.2, 0.25) is 11.8 Å². The lowest BCUT2D eigenvalue weighted by molar-refractivity contribution is -0.385. The third-order valence-electron chi connectivity index (χ3n) is 3.36. The molecular formula is C12H19N5O2S. The highest BCUT2D eigenvalue weighted by Crippen LogP contribution is 2.28. The van der Waals surface area contributed by atoms with E-state index in [-0.39, 0.29) is 5.69 Å². The van der Waals surface area contributed by atoms with Crippen LogP contribution in [0.25, 0.3) is 0 Å². The maximum atomic E-state index is 11.2. The van der Waals surface area contributed by atoms with Gasteiger partial charge in [0.1, 0.15) is 5.69 Å². The van der Waals surface area contributed by atoms with Crippen molar-refractivity contribution in [3.8, 4) is 0 Å². The second kappa shape index (κ2) is 6.74. The van der Waals surface area contributed by atoms with Crippen LogP contribution in [0.3, 0.4) is 0 Å². The van der Waals surface area contributed by atoms with Gasteiger partial charge in [-0.05, 0) is 37.2 Å². The standard InChI is InChI=1S/C12H19N5O2S/c1-8-10(17(18)19)11(16-12(13-2)15-8)14-7-9-3-5-20-6-4-9/h9H,3-7H2,1-2H3,(H2,13,14,15,16). The Bertz CT molecular complexity index is 491. The molecule has 0 aromatic carbocycles. The van der Waals surface area contributed by atoms with E-state index in [1.54, 1.807) is 14.0 Å². The van der Waals surface area contributed by atoms with Gasteiger partial charge in [-0.1, -0.05) is 0 Å². The highest BCUT2D eigenvalue weighted by atomic mass is 32.2. The molecule has 1 saturated heterocycles. The van der Waals surface area contributed by atoms with Crippen molar-refractivity contribution < 1.29 is 4.92 Å². The van der Waals surface area contributed by atoms with Crippen molar-refractivity contribution in [3.05, 3.63) is 15.8 Å². The van der Waals surface area contributed by atoms with Crippen LogP contribution in [0.5, 0.6) is 0 Å². The average molecular weight is 297 g/mol. The second-order valence-electron chi connectivity index (χ2n) is 4.77. The highest BCUT2D eigenvalue weighted by Gasteiger charge is 2.23. The molecule has 1 aliphatic rings. The molecule has 0 aliphatic carbocycles. The van der Waals surface area contributed by atoms with Gasteiger partial charge in [-0.2, -0.15) is 16.7 Å². The van der Waals surface area contributed by atoms with Crippen LogP contribution < -0.4 is 10.6 Å². The molecule has 1 aromatic rings. The fourth-order valence-corrected chi connectivity index (χ4v) is 3.42. The van der Waals surface area contributed by atoms with Crippen LogP contribution in [0, 0.1) is 23.0 Å². The third-order valence-corrected chi connectivity index (χ3v) is 4.41. The zero-order chi connectivity index (χ0) is 14.5. The molecule has 110 valence electrons. The summed E-state index contributed by atoms with van der Waals surface area (Å²) in [5.41, 5.74) is 0.338. The summed E-state index contributed by atoms with van der Waals surface area (Å²) in [6.45, 7) is 2.35. The molecule has 7 nitrogen and oxygen atoms in total. The minimum atomic E-state index is -0.423. The van der Waals surface area contributed by atoms with E-state index in [0.717, 1.165) is 19.4 Å². The number of hydrogen-bond acceptors (Lipinski definition) is 7. The molecule has 8 heteroatoms. The van der Waals surface area contributed by atoms with E-state index in [4.69, 9.17) is 0 Å². The zero-order valence-electron chi connectivity index (χ0n) is 11.7. The Kier molecular flexibility index (Phi) is 4.99. The van der Waals surface area contributed by atoms with Crippen molar-refractivity contribution in [2.75, 3.05) is 35.7 Å². The minimum Gasteiger partial charge on any atom is -0.364 e. The van der Waals surface area contributed by atoms with E-state index >= 15 is 0 Å². The van der Waals surface area contributed by atoms with Crippen LogP contribution >= 0.6 is 11.8 Å².